The van der Waals surface area contributed by atoms with E-state index >= 15 is 0 Å². The maximum Gasteiger partial charge on any atom is 0.145 e. The Morgan fingerprint density at radius 1 is 1.16 bits per heavy atom. The molecule has 0 saturated heterocycles. The highest BCUT2D eigenvalue weighted by atomic mass is 35.5. The van der Waals surface area contributed by atoms with Gasteiger partial charge in [0.1, 0.15) is 11.5 Å². The number of nitrogens with zero attached hydrogens (tertiary/aromatic N) is 1. The molecule has 0 N–H and O–H groups in total. The third-order valence-corrected chi connectivity index (χ3v) is 4.35. The Hall–Kier alpha value is -2.85. The number of rotatable bonds is 4. The maximum absolute atomic E-state index is 11.2. The van der Waals surface area contributed by atoms with Crippen molar-refractivity contribution in [2.24, 2.45) is 4.99 Å². The van der Waals surface area contributed by atoms with Crippen LogP contribution in [0.25, 0.3) is 11.3 Å². The third-order valence-electron chi connectivity index (χ3n) is 3.94. The lowest BCUT2D eigenvalue weighted by atomic mass is 10.0. The zero-order valence-electron chi connectivity index (χ0n) is 13.7. The Kier molecular flexibility index (Phi) is 4.72. The molecule has 0 bridgehead atoms. The number of hydrogen-bond acceptors (Lipinski definition) is 4. The maximum atomic E-state index is 11.2. The molecule has 2 aromatic carbocycles. The molecule has 4 nitrogen and oxygen atoms in total. The van der Waals surface area contributed by atoms with Gasteiger partial charge in [0.05, 0.1) is 17.9 Å². The third kappa shape index (κ3) is 3.64. The Morgan fingerprint density at radius 3 is 2.72 bits per heavy atom. The van der Waals surface area contributed by atoms with Gasteiger partial charge in [-0.1, -0.05) is 29.8 Å². The van der Waals surface area contributed by atoms with Crippen molar-refractivity contribution >= 4 is 29.5 Å². The van der Waals surface area contributed by atoms with Crippen molar-refractivity contribution in [1.82, 2.24) is 0 Å². The Labute approximate surface area is 150 Å². The van der Waals surface area contributed by atoms with E-state index in [0.717, 1.165) is 11.3 Å². The number of aliphatic imine (C=N–C) groups is 1. The van der Waals surface area contributed by atoms with Crippen LogP contribution in [0, 0.1) is 13.8 Å². The van der Waals surface area contributed by atoms with Crippen LogP contribution in [0.2, 0.25) is 5.02 Å². The van der Waals surface area contributed by atoms with Crippen LogP contribution in [-0.4, -0.2) is 12.2 Å². The molecule has 0 spiro atoms. The van der Waals surface area contributed by atoms with Crippen molar-refractivity contribution in [1.29, 1.82) is 0 Å². The normalized spacial score (nSPS) is 11.2. The van der Waals surface area contributed by atoms with Crippen molar-refractivity contribution in [2.45, 2.75) is 13.8 Å². The van der Waals surface area contributed by atoms with Gasteiger partial charge in [-0.3, -0.25) is 4.99 Å². The first-order valence-electron chi connectivity index (χ1n) is 7.67. The first-order chi connectivity index (χ1) is 12.0. The van der Waals surface area contributed by atoms with Crippen LogP contribution in [0.3, 0.4) is 0 Å². The fraction of sp³-hybridized carbons (Fsp3) is 0.100. The van der Waals surface area contributed by atoms with Crippen LogP contribution in [-0.2, 0) is 0 Å². The summed E-state index contributed by atoms with van der Waals surface area (Å²) in [6.45, 7) is 3.62. The summed E-state index contributed by atoms with van der Waals surface area (Å²) in [6, 6.07) is 14.2. The molecule has 0 aliphatic rings. The summed E-state index contributed by atoms with van der Waals surface area (Å²) >= 11 is 6.08. The van der Waals surface area contributed by atoms with E-state index in [0.29, 0.717) is 27.7 Å². The summed E-state index contributed by atoms with van der Waals surface area (Å²) in [7, 11) is 0. The Balaban J connectivity index is 1.88. The van der Waals surface area contributed by atoms with Crippen LogP contribution >= 0.6 is 11.6 Å². The summed E-state index contributed by atoms with van der Waals surface area (Å²) in [4.78, 5) is 15.6. The smallest absolute Gasteiger partial charge is 0.145 e. The van der Waals surface area contributed by atoms with Gasteiger partial charge in [0.25, 0.3) is 0 Å². The molecule has 126 valence electrons. The molecule has 0 aliphatic heterocycles. The summed E-state index contributed by atoms with van der Waals surface area (Å²) in [5.41, 5.74) is 3.12. The van der Waals surface area contributed by atoms with Gasteiger partial charge in [-0.25, -0.2) is 0 Å². The topological polar surface area (TPSA) is 65.6 Å². The minimum absolute atomic E-state index is 0.152. The highest BCUT2D eigenvalue weighted by molar-refractivity contribution is 6.31. The molecule has 0 atom stereocenters. The van der Waals surface area contributed by atoms with Crippen LogP contribution in [0.1, 0.15) is 27.2 Å². The number of carbonyl (C=O) groups is 1. The number of halogens is 1. The molecule has 3 aromatic rings. The summed E-state index contributed by atoms with van der Waals surface area (Å²) < 4.78 is 5.74. The highest BCUT2D eigenvalue weighted by Crippen LogP contribution is 2.27. The van der Waals surface area contributed by atoms with Crippen LogP contribution in [0.4, 0.5) is 5.69 Å². The second-order valence-corrected chi connectivity index (χ2v) is 6.07. The number of hydrogen-bond donors (Lipinski definition) is 0. The molecule has 0 unspecified atom stereocenters. The minimum Gasteiger partial charge on any atom is -0.545 e. The molecule has 1 aromatic heterocycles. The number of furan rings is 1. The fourth-order valence-electron chi connectivity index (χ4n) is 2.44. The lowest BCUT2D eigenvalue weighted by molar-refractivity contribution is -0.255. The lowest BCUT2D eigenvalue weighted by Gasteiger charge is -2.08. The standard InChI is InChI=1S/C20H16ClNO3/c1-12-6-7-14(10-16(12)20(23)24)19-9-8-15(25-19)11-22-18-5-3-4-17(21)13(18)2/h3-11H,1-2H3,(H,23,24)/p-1. The van der Waals surface area contributed by atoms with E-state index in [9.17, 15) is 9.90 Å². The van der Waals surface area contributed by atoms with Crippen LogP contribution in [0.15, 0.2) is 57.9 Å². The molecule has 0 aliphatic carbocycles. The molecule has 3 rings (SSSR count). The van der Waals surface area contributed by atoms with E-state index in [2.05, 4.69) is 4.99 Å². The van der Waals surface area contributed by atoms with E-state index in [-0.39, 0.29) is 5.56 Å². The van der Waals surface area contributed by atoms with Crippen LogP contribution < -0.4 is 5.11 Å². The number of carboxylic acid groups (broad SMARTS) is 1. The van der Waals surface area contributed by atoms with E-state index < -0.39 is 5.97 Å². The zero-order chi connectivity index (χ0) is 18.0. The van der Waals surface area contributed by atoms with Gasteiger partial charge in [0, 0.05) is 16.1 Å². The lowest BCUT2D eigenvalue weighted by Crippen LogP contribution is -2.23. The minimum atomic E-state index is -1.20. The molecule has 25 heavy (non-hydrogen) atoms. The molecular formula is C20H15ClNO3-. The molecular weight excluding hydrogens is 338 g/mol. The van der Waals surface area contributed by atoms with Crippen molar-refractivity contribution in [3.8, 4) is 11.3 Å². The van der Waals surface area contributed by atoms with Crippen molar-refractivity contribution in [3.05, 3.63) is 76.0 Å². The summed E-state index contributed by atoms with van der Waals surface area (Å²) in [5.74, 6) is -0.0826. The van der Waals surface area contributed by atoms with Gasteiger partial charge in [0.15, 0.2) is 0 Å². The SMILES string of the molecule is Cc1ccc(-c2ccc(C=Nc3cccc(Cl)c3C)o2)cc1C(=O)[O-]. The quantitative estimate of drug-likeness (QED) is 0.656. The number of benzene rings is 2. The summed E-state index contributed by atoms with van der Waals surface area (Å²) in [6.07, 6.45) is 1.61. The molecule has 5 heteroatoms. The van der Waals surface area contributed by atoms with E-state index in [1.54, 1.807) is 37.4 Å². The predicted octanol–water partition coefficient (Wildman–Crippen LogP) is 4.33. The van der Waals surface area contributed by atoms with E-state index in [1.807, 2.05) is 31.2 Å². The highest BCUT2D eigenvalue weighted by Gasteiger charge is 2.07. The predicted molar refractivity (Wildman–Crippen MR) is 96.7 cm³/mol. The van der Waals surface area contributed by atoms with Gasteiger partial charge < -0.3 is 14.3 Å². The van der Waals surface area contributed by atoms with Gasteiger partial charge in [-0.15, -0.1) is 0 Å². The van der Waals surface area contributed by atoms with Gasteiger partial charge in [-0.2, -0.15) is 0 Å². The monoisotopic (exact) mass is 352 g/mol. The van der Waals surface area contributed by atoms with Crippen molar-refractivity contribution in [3.63, 3.8) is 0 Å². The Bertz CT molecular complexity index is 973. The summed E-state index contributed by atoms with van der Waals surface area (Å²) in [5, 5.41) is 11.8. The number of aromatic carboxylic acids is 1. The fourth-order valence-corrected chi connectivity index (χ4v) is 2.61. The first kappa shape index (κ1) is 17.0. The van der Waals surface area contributed by atoms with Crippen molar-refractivity contribution < 1.29 is 14.3 Å². The number of carboxylic acids is 1. The number of carbonyl (C=O) groups excluding carboxylic acids is 1. The molecule has 1 heterocycles. The van der Waals surface area contributed by atoms with E-state index in [4.69, 9.17) is 16.0 Å². The second kappa shape index (κ2) is 6.95. The molecule has 0 fully saturated rings. The second-order valence-electron chi connectivity index (χ2n) is 5.66. The van der Waals surface area contributed by atoms with Crippen LogP contribution in [0.5, 0.6) is 0 Å². The Morgan fingerprint density at radius 2 is 1.96 bits per heavy atom. The van der Waals surface area contributed by atoms with Gasteiger partial charge in [-0.05, 0) is 55.3 Å². The zero-order valence-corrected chi connectivity index (χ0v) is 14.5. The largest absolute Gasteiger partial charge is 0.545 e. The molecule has 0 radical (unpaired) electrons. The average Bonchev–Trinajstić information content (AvgIpc) is 3.05. The average molecular weight is 353 g/mol. The molecule has 0 amide bonds. The van der Waals surface area contributed by atoms with E-state index in [1.165, 1.54) is 0 Å². The van der Waals surface area contributed by atoms with Gasteiger partial charge >= 0.3 is 0 Å². The van der Waals surface area contributed by atoms with Gasteiger partial charge in [0.2, 0.25) is 0 Å². The first-order valence-corrected chi connectivity index (χ1v) is 8.05. The molecule has 0 saturated carbocycles. The number of aryl methyl sites for hydroxylation is 1. The van der Waals surface area contributed by atoms with Crippen molar-refractivity contribution in [2.75, 3.05) is 0 Å².